The van der Waals surface area contributed by atoms with Crippen molar-refractivity contribution in [1.29, 1.82) is 5.26 Å². The van der Waals surface area contributed by atoms with Crippen LogP contribution in [-0.4, -0.2) is 17.1 Å². The number of nitriles is 1. The minimum atomic E-state index is -4.21. The van der Waals surface area contributed by atoms with Crippen LogP contribution < -0.4 is 11.1 Å². The van der Waals surface area contributed by atoms with E-state index in [-0.39, 0.29) is 22.9 Å². The first-order valence-corrected chi connectivity index (χ1v) is 4.67. The van der Waals surface area contributed by atoms with Crippen LogP contribution in [0.2, 0.25) is 0 Å². The van der Waals surface area contributed by atoms with Gasteiger partial charge in [0.1, 0.15) is 16.6 Å². The maximum atomic E-state index is 11.8. The normalized spacial score (nSPS) is 11.1. The fourth-order valence-electron chi connectivity index (χ4n) is 0.849. The summed E-state index contributed by atoms with van der Waals surface area (Å²) in [6.07, 6.45) is -5.17. The summed E-state index contributed by atoms with van der Waals surface area (Å²) in [5.41, 5.74) is 5.42. The number of nitrogens with zero attached hydrogens (tertiary/aromatic N) is 2. The second-order valence-corrected chi connectivity index (χ2v) is 3.45. The van der Waals surface area contributed by atoms with Gasteiger partial charge in [-0.15, -0.1) is 0 Å². The van der Waals surface area contributed by atoms with Gasteiger partial charge in [0.2, 0.25) is 0 Å². The third-order valence-corrected chi connectivity index (χ3v) is 2.34. The summed E-state index contributed by atoms with van der Waals surface area (Å²) in [6.45, 7) is -0.292. The lowest BCUT2D eigenvalue weighted by Gasteiger charge is -2.06. The molecule has 0 aliphatic rings. The zero-order valence-electron chi connectivity index (χ0n) is 7.43. The van der Waals surface area contributed by atoms with E-state index >= 15 is 0 Å². The lowest BCUT2D eigenvalue weighted by Crippen LogP contribution is -2.14. The van der Waals surface area contributed by atoms with Gasteiger partial charge in [0.25, 0.3) is 0 Å². The van der Waals surface area contributed by atoms with Crippen LogP contribution in [0.1, 0.15) is 12.0 Å². The number of alkyl halides is 3. The first-order valence-electron chi connectivity index (χ1n) is 3.90. The average Bonchev–Trinajstić information content (AvgIpc) is 2.44. The Morgan fingerprint density at radius 2 is 2.20 bits per heavy atom. The first kappa shape index (κ1) is 11.6. The van der Waals surface area contributed by atoms with Gasteiger partial charge in [0, 0.05) is 6.54 Å². The van der Waals surface area contributed by atoms with Gasteiger partial charge in [-0.3, -0.25) is 0 Å². The molecule has 0 saturated carbocycles. The predicted octanol–water partition coefficient (Wildman–Crippen LogP) is 1.96. The van der Waals surface area contributed by atoms with Crippen molar-refractivity contribution in [3.63, 3.8) is 0 Å². The van der Waals surface area contributed by atoms with E-state index in [0.717, 1.165) is 11.5 Å². The molecule has 0 unspecified atom stereocenters. The second-order valence-electron chi connectivity index (χ2n) is 2.68. The Hall–Kier alpha value is -1.49. The van der Waals surface area contributed by atoms with E-state index < -0.39 is 12.6 Å². The van der Waals surface area contributed by atoms with E-state index in [0.29, 0.717) is 0 Å². The Kier molecular flexibility index (Phi) is 3.36. The number of nitrogen functional groups attached to an aromatic ring is 1. The number of anilines is 2. The van der Waals surface area contributed by atoms with Crippen LogP contribution in [0.5, 0.6) is 0 Å². The van der Waals surface area contributed by atoms with Gasteiger partial charge in [0.15, 0.2) is 5.82 Å². The monoisotopic (exact) mass is 236 g/mol. The number of hydrogen-bond acceptors (Lipinski definition) is 5. The van der Waals surface area contributed by atoms with Crippen LogP contribution in [0.25, 0.3) is 0 Å². The molecule has 82 valence electrons. The first-order chi connectivity index (χ1) is 6.94. The fraction of sp³-hybridized carbons (Fsp3) is 0.429. The average molecular weight is 236 g/mol. The van der Waals surface area contributed by atoms with Crippen LogP contribution >= 0.6 is 11.5 Å². The molecule has 1 aromatic rings. The van der Waals surface area contributed by atoms with E-state index in [9.17, 15) is 13.2 Å². The summed E-state index contributed by atoms with van der Waals surface area (Å²) in [5, 5.41) is 11.4. The molecular weight excluding hydrogens is 229 g/mol. The Morgan fingerprint density at radius 1 is 1.53 bits per heavy atom. The quantitative estimate of drug-likeness (QED) is 0.841. The highest BCUT2D eigenvalue weighted by Crippen LogP contribution is 2.26. The molecule has 1 heterocycles. The molecule has 0 bridgehead atoms. The molecule has 15 heavy (non-hydrogen) atoms. The topological polar surface area (TPSA) is 74.7 Å². The van der Waals surface area contributed by atoms with Gasteiger partial charge >= 0.3 is 6.18 Å². The lowest BCUT2D eigenvalue weighted by atomic mass is 10.3. The molecule has 1 rings (SSSR count). The molecule has 4 nitrogen and oxygen atoms in total. The van der Waals surface area contributed by atoms with E-state index in [1.54, 1.807) is 6.07 Å². The third kappa shape index (κ3) is 3.28. The van der Waals surface area contributed by atoms with Crippen molar-refractivity contribution in [2.24, 2.45) is 0 Å². The van der Waals surface area contributed by atoms with Gasteiger partial charge in [-0.05, 0) is 11.5 Å². The highest BCUT2D eigenvalue weighted by atomic mass is 32.1. The molecule has 8 heteroatoms. The highest BCUT2D eigenvalue weighted by Gasteiger charge is 2.26. The lowest BCUT2D eigenvalue weighted by molar-refractivity contribution is -0.131. The molecule has 1 aromatic heterocycles. The summed E-state index contributed by atoms with van der Waals surface area (Å²) < 4.78 is 39.1. The van der Waals surface area contributed by atoms with Crippen LogP contribution in [-0.2, 0) is 0 Å². The van der Waals surface area contributed by atoms with Gasteiger partial charge in [-0.1, -0.05) is 0 Å². The molecule has 0 fully saturated rings. The maximum absolute atomic E-state index is 11.8. The van der Waals surface area contributed by atoms with Crippen molar-refractivity contribution in [2.75, 3.05) is 17.6 Å². The van der Waals surface area contributed by atoms with E-state index in [2.05, 4.69) is 9.69 Å². The number of hydrogen-bond donors (Lipinski definition) is 2. The Labute approximate surface area is 87.7 Å². The van der Waals surface area contributed by atoms with E-state index in [4.69, 9.17) is 11.0 Å². The zero-order valence-corrected chi connectivity index (χ0v) is 8.24. The molecule has 0 saturated heterocycles. The van der Waals surface area contributed by atoms with Crippen molar-refractivity contribution in [2.45, 2.75) is 12.6 Å². The summed E-state index contributed by atoms with van der Waals surface area (Å²) in [7, 11) is 0. The number of halogens is 3. The van der Waals surface area contributed by atoms with Crippen molar-refractivity contribution in [1.82, 2.24) is 4.37 Å². The van der Waals surface area contributed by atoms with Crippen molar-refractivity contribution >= 4 is 22.4 Å². The Morgan fingerprint density at radius 3 is 2.73 bits per heavy atom. The predicted molar refractivity (Wildman–Crippen MR) is 50.4 cm³/mol. The molecule has 0 aliphatic heterocycles. The van der Waals surface area contributed by atoms with E-state index in [1.807, 2.05) is 0 Å². The second kappa shape index (κ2) is 4.35. The minimum absolute atomic E-state index is 0.0389. The van der Waals surface area contributed by atoms with Crippen molar-refractivity contribution in [3.8, 4) is 6.07 Å². The molecule has 0 amide bonds. The smallest absolute Gasteiger partial charge is 0.382 e. The minimum Gasteiger partial charge on any atom is -0.382 e. The summed E-state index contributed by atoms with van der Waals surface area (Å²) in [5.74, 6) is 0.0389. The van der Waals surface area contributed by atoms with Gasteiger partial charge < -0.3 is 11.1 Å². The molecule has 0 atom stereocenters. The zero-order chi connectivity index (χ0) is 11.5. The molecule has 0 aliphatic carbocycles. The van der Waals surface area contributed by atoms with Gasteiger partial charge in [0.05, 0.1) is 6.42 Å². The van der Waals surface area contributed by atoms with Gasteiger partial charge in [-0.25, -0.2) is 0 Å². The summed E-state index contributed by atoms with van der Waals surface area (Å²) in [6, 6.07) is 1.77. The third-order valence-electron chi connectivity index (χ3n) is 1.52. The molecule has 0 spiro atoms. The number of rotatable bonds is 3. The van der Waals surface area contributed by atoms with Gasteiger partial charge in [-0.2, -0.15) is 22.8 Å². The number of nitrogens with one attached hydrogen (secondary N) is 1. The number of nitrogens with two attached hydrogens (primary N) is 1. The fourth-order valence-corrected chi connectivity index (χ4v) is 1.54. The van der Waals surface area contributed by atoms with Crippen molar-refractivity contribution in [3.05, 3.63) is 5.56 Å². The summed E-state index contributed by atoms with van der Waals surface area (Å²) in [4.78, 5) is 0. The van der Waals surface area contributed by atoms with Crippen molar-refractivity contribution < 1.29 is 13.2 Å². The SMILES string of the molecule is N#Cc1c(N)nsc1NCCC(F)(F)F. The largest absolute Gasteiger partial charge is 0.390 e. The Balaban J connectivity index is 2.56. The van der Waals surface area contributed by atoms with Crippen LogP contribution in [0, 0.1) is 11.3 Å². The molecule has 0 aromatic carbocycles. The molecular formula is C7H7F3N4S. The standard InChI is InChI=1S/C7H7F3N4S/c8-7(9,10)1-2-13-6-4(3-11)5(12)14-15-6/h13H,1-2H2,(H2,12,14). The summed E-state index contributed by atoms with van der Waals surface area (Å²) >= 11 is 0.875. The highest BCUT2D eigenvalue weighted by molar-refractivity contribution is 7.10. The number of aromatic nitrogens is 1. The van der Waals surface area contributed by atoms with Crippen LogP contribution in [0.4, 0.5) is 24.0 Å². The Bertz CT molecular complexity index is 379. The molecule has 0 radical (unpaired) electrons. The molecule has 3 N–H and O–H groups in total. The van der Waals surface area contributed by atoms with Crippen LogP contribution in [0.3, 0.4) is 0 Å². The van der Waals surface area contributed by atoms with E-state index in [1.165, 1.54) is 0 Å². The maximum Gasteiger partial charge on any atom is 0.390 e. The van der Waals surface area contributed by atoms with Crippen LogP contribution in [0.15, 0.2) is 0 Å².